The molecular weight excluding hydrogens is 354 g/mol. The number of hydrogen-bond acceptors (Lipinski definition) is 4. The first-order valence-corrected chi connectivity index (χ1v) is 9.50. The summed E-state index contributed by atoms with van der Waals surface area (Å²) in [7, 11) is 1.67. The first-order valence-electron chi connectivity index (χ1n) is 9.06. The molecule has 0 spiro atoms. The van der Waals surface area contributed by atoms with Crippen LogP contribution in [-0.4, -0.2) is 30.6 Å². The van der Waals surface area contributed by atoms with Crippen LogP contribution in [0.1, 0.15) is 43.4 Å². The van der Waals surface area contributed by atoms with Crippen LogP contribution < -0.4 is 0 Å². The number of nitrogens with zero attached hydrogens (tertiary/aromatic N) is 1. The van der Waals surface area contributed by atoms with Gasteiger partial charge < -0.3 is 9.84 Å². The topological polar surface area (TPSA) is 41.8 Å². The van der Waals surface area contributed by atoms with Gasteiger partial charge in [0.25, 0.3) is 0 Å². The number of allylic oxidation sites excluding steroid dienone is 1. The Bertz CT molecular complexity index is 953. The molecule has 1 N–H and O–H groups in total. The van der Waals surface area contributed by atoms with Crippen molar-refractivity contribution in [1.82, 2.24) is 0 Å². The van der Waals surface area contributed by atoms with E-state index in [4.69, 9.17) is 9.73 Å². The lowest BCUT2D eigenvalue weighted by Crippen LogP contribution is -2.31. The smallest absolute Gasteiger partial charge is 0.116 e. The van der Waals surface area contributed by atoms with Crippen LogP contribution in [0.2, 0.25) is 0 Å². The molecule has 0 amide bonds. The average Bonchev–Trinajstić information content (AvgIpc) is 2.59. The highest BCUT2D eigenvalue weighted by molar-refractivity contribution is 7.85. The van der Waals surface area contributed by atoms with Gasteiger partial charge in [0.2, 0.25) is 0 Å². The van der Waals surface area contributed by atoms with Gasteiger partial charge in [0.15, 0.2) is 0 Å². The Balaban J connectivity index is 2.46. The zero-order valence-corrected chi connectivity index (χ0v) is 17.3. The SMILES string of the molecule is C=C(S)C1=NC(C(=C)O)C(COC)c2c1cc(C(C)(C)C)c1ccccc21. The average molecular weight is 382 g/mol. The van der Waals surface area contributed by atoms with E-state index in [1.807, 2.05) is 6.07 Å². The van der Waals surface area contributed by atoms with Crippen LogP contribution in [-0.2, 0) is 10.2 Å². The zero-order valence-electron chi connectivity index (χ0n) is 16.4. The van der Waals surface area contributed by atoms with Crippen LogP contribution >= 0.6 is 12.6 Å². The second kappa shape index (κ2) is 7.17. The number of ether oxygens (including phenoxy) is 1. The summed E-state index contributed by atoms with van der Waals surface area (Å²) in [5.41, 5.74) is 4.04. The normalized spacial score (nSPS) is 19.5. The number of aliphatic imine (C=N–C) groups is 1. The summed E-state index contributed by atoms with van der Waals surface area (Å²) < 4.78 is 5.50. The van der Waals surface area contributed by atoms with Crippen molar-refractivity contribution in [2.75, 3.05) is 13.7 Å². The van der Waals surface area contributed by atoms with E-state index in [0.29, 0.717) is 17.2 Å². The molecule has 1 aliphatic heterocycles. The van der Waals surface area contributed by atoms with Gasteiger partial charge in [-0.25, -0.2) is 0 Å². The molecule has 1 heterocycles. The minimum atomic E-state index is -0.486. The van der Waals surface area contributed by atoms with Crippen molar-refractivity contribution in [3.8, 4) is 0 Å². The van der Waals surface area contributed by atoms with Gasteiger partial charge in [0.05, 0.1) is 12.3 Å². The largest absolute Gasteiger partial charge is 0.511 e. The maximum atomic E-state index is 10.2. The van der Waals surface area contributed by atoms with E-state index >= 15 is 0 Å². The fourth-order valence-corrected chi connectivity index (χ4v) is 4.14. The summed E-state index contributed by atoms with van der Waals surface area (Å²) in [6.45, 7) is 14.8. The van der Waals surface area contributed by atoms with Gasteiger partial charge in [-0.3, -0.25) is 4.99 Å². The van der Waals surface area contributed by atoms with Crippen LogP contribution in [0.3, 0.4) is 0 Å². The summed E-state index contributed by atoms with van der Waals surface area (Å²) >= 11 is 4.49. The van der Waals surface area contributed by atoms with Gasteiger partial charge >= 0.3 is 0 Å². The summed E-state index contributed by atoms with van der Waals surface area (Å²) in [4.78, 5) is 5.34. The summed E-state index contributed by atoms with van der Waals surface area (Å²) in [6, 6.07) is 10.1. The maximum absolute atomic E-state index is 10.2. The van der Waals surface area contributed by atoms with E-state index in [9.17, 15) is 5.11 Å². The number of thiol groups is 1. The molecule has 0 fully saturated rings. The lowest BCUT2D eigenvalue weighted by atomic mass is 9.75. The number of aliphatic hydroxyl groups excluding tert-OH is 1. The van der Waals surface area contributed by atoms with E-state index in [-0.39, 0.29) is 17.1 Å². The summed E-state index contributed by atoms with van der Waals surface area (Å²) in [5, 5.41) is 12.6. The third-order valence-electron chi connectivity index (χ3n) is 5.13. The lowest BCUT2D eigenvalue weighted by Gasteiger charge is -2.34. The third kappa shape index (κ3) is 3.44. The second-order valence-corrected chi connectivity index (χ2v) is 8.64. The Morgan fingerprint density at radius 3 is 2.37 bits per heavy atom. The second-order valence-electron chi connectivity index (χ2n) is 8.10. The number of benzene rings is 2. The molecule has 0 saturated carbocycles. The first kappa shape index (κ1) is 19.7. The molecule has 2 unspecified atom stereocenters. The van der Waals surface area contributed by atoms with E-state index < -0.39 is 6.04 Å². The molecule has 142 valence electrons. The van der Waals surface area contributed by atoms with Gasteiger partial charge in [0.1, 0.15) is 11.8 Å². The van der Waals surface area contributed by atoms with Crippen LogP contribution in [0.4, 0.5) is 0 Å². The standard InChI is InChI=1S/C23H27NO2S/c1-13(25)21-18(12-26-6)20-16-10-8-7-9-15(16)19(23(3,4)5)11-17(20)22(24-21)14(2)27/h7-11,18,21,25,27H,1-2,12H2,3-6H3. The number of fused-ring (bicyclic) bond motifs is 3. The summed E-state index contributed by atoms with van der Waals surface area (Å²) in [5.74, 6) is -0.100. The minimum Gasteiger partial charge on any atom is -0.511 e. The van der Waals surface area contributed by atoms with Crippen molar-refractivity contribution in [2.24, 2.45) is 4.99 Å². The molecule has 2 aromatic carbocycles. The Kier molecular flexibility index (Phi) is 5.24. The molecular formula is C23H27NO2S. The van der Waals surface area contributed by atoms with E-state index in [2.05, 4.69) is 70.8 Å². The fraction of sp³-hybridized carbons (Fsp3) is 0.348. The van der Waals surface area contributed by atoms with Crippen molar-refractivity contribution < 1.29 is 9.84 Å². The quantitative estimate of drug-likeness (QED) is 0.538. The van der Waals surface area contributed by atoms with Gasteiger partial charge in [-0.05, 0) is 33.4 Å². The van der Waals surface area contributed by atoms with Crippen LogP contribution in [0.25, 0.3) is 10.8 Å². The summed E-state index contributed by atoms with van der Waals surface area (Å²) in [6.07, 6.45) is 0. The molecule has 2 aromatic rings. The Hall–Kier alpha value is -2.04. The monoisotopic (exact) mass is 381 g/mol. The van der Waals surface area contributed by atoms with Crippen molar-refractivity contribution in [1.29, 1.82) is 0 Å². The number of hydrogen-bond donors (Lipinski definition) is 2. The molecule has 3 nitrogen and oxygen atoms in total. The number of methoxy groups -OCH3 is 1. The number of aliphatic hydroxyl groups is 1. The molecule has 2 atom stereocenters. The van der Waals surface area contributed by atoms with Crippen LogP contribution in [0.5, 0.6) is 0 Å². The van der Waals surface area contributed by atoms with Crippen molar-refractivity contribution in [3.63, 3.8) is 0 Å². The lowest BCUT2D eigenvalue weighted by molar-refractivity contribution is 0.166. The van der Waals surface area contributed by atoms with Crippen molar-refractivity contribution in [3.05, 3.63) is 70.8 Å². The predicted molar refractivity (Wildman–Crippen MR) is 117 cm³/mol. The van der Waals surface area contributed by atoms with Crippen molar-refractivity contribution in [2.45, 2.75) is 38.1 Å². The molecule has 3 rings (SSSR count). The highest BCUT2D eigenvalue weighted by atomic mass is 32.1. The van der Waals surface area contributed by atoms with Gasteiger partial charge in [-0.1, -0.05) is 58.2 Å². The molecule has 0 aromatic heterocycles. The predicted octanol–water partition coefficient (Wildman–Crippen LogP) is 5.55. The zero-order chi connectivity index (χ0) is 19.9. The highest BCUT2D eigenvalue weighted by Crippen LogP contribution is 2.43. The molecule has 0 saturated heterocycles. The molecule has 0 radical (unpaired) electrons. The molecule has 27 heavy (non-hydrogen) atoms. The minimum absolute atomic E-state index is 0.0266. The Morgan fingerprint density at radius 2 is 1.85 bits per heavy atom. The fourth-order valence-electron chi connectivity index (χ4n) is 3.96. The van der Waals surface area contributed by atoms with E-state index in [1.54, 1.807) is 7.11 Å². The van der Waals surface area contributed by atoms with Gasteiger partial charge in [-0.15, -0.1) is 12.6 Å². The van der Waals surface area contributed by atoms with E-state index in [0.717, 1.165) is 16.5 Å². The number of rotatable bonds is 4. The van der Waals surface area contributed by atoms with E-state index in [1.165, 1.54) is 10.9 Å². The first-order chi connectivity index (χ1) is 12.7. The van der Waals surface area contributed by atoms with Gasteiger partial charge in [0, 0.05) is 23.5 Å². The van der Waals surface area contributed by atoms with Gasteiger partial charge in [-0.2, -0.15) is 0 Å². The molecule has 4 heteroatoms. The van der Waals surface area contributed by atoms with Crippen LogP contribution in [0, 0.1) is 0 Å². The molecule has 0 bridgehead atoms. The van der Waals surface area contributed by atoms with Crippen LogP contribution in [0.15, 0.2) is 59.1 Å². The Morgan fingerprint density at radius 1 is 1.22 bits per heavy atom. The molecule has 0 aliphatic carbocycles. The maximum Gasteiger partial charge on any atom is 0.116 e. The molecule has 1 aliphatic rings. The third-order valence-corrected chi connectivity index (χ3v) is 5.34. The van der Waals surface area contributed by atoms with Crippen molar-refractivity contribution >= 4 is 29.1 Å². The highest BCUT2D eigenvalue weighted by Gasteiger charge is 2.36. The Labute approximate surface area is 166 Å².